The Hall–Kier alpha value is -1.86. The number of nitrogens with two attached hydrogens (primary N) is 1. The summed E-state index contributed by atoms with van der Waals surface area (Å²) in [6.07, 6.45) is 2.88. The standard InChI is InChI=1S/C18H28N4O3/c1-12-5-7-21(8-6-12)11-14-3-4-16(25-14)18(24)22-10-13(19)9-15(22)17(23)20-2/h3-4,12-13,15H,5-11,19H2,1-2H3,(H,20,23)/t13-,15+/m1/s1. The molecule has 3 N–H and O–H groups in total. The van der Waals surface area contributed by atoms with Gasteiger partial charge in [0.05, 0.1) is 6.54 Å². The number of rotatable bonds is 4. The molecule has 7 heteroatoms. The van der Waals surface area contributed by atoms with Crippen LogP contribution in [0.1, 0.15) is 42.5 Å². The third-order valence-electron chi connectivity index (χ3n) is 5.27. The molecule has 0 bridgehead atoms. The Labute approximate surface area is 148 Å². The molecule has 7 nitrogen and oxygen atoms in total. The lowest BCUT2D eigenvalue weighted by Crippen LogP contribution is -2.44. The monoisotopic (exact) mass is 348 g/mol. The molecule has 0 aliphatic carbocycles. The number of amides is 2. The van der Waals surface area contributed by atoms with E-state index in [-0.39, 0.29) is 23.6 Å². The molecular weight excluding hydrogens is 320 g/mol. The van der Waals surface area contributed by atoms with E-state index >= 15 is 0 Å². The molecule has 2 saturated heterocycles. The highest BCUT2D eigenvalue weighted by Gasteiger charge is 2.39. The van der Waals surface area contributed by atoms with E-state index in [4.69, 9.17) is 10.2 Å². The predicted octanol–water partition coefficient (Wildman–Crippen LogP) is 0.799. The van der Waals surface area contributed by atoms with E-state index in [0.717, 1.165) is 31.3 Å². The average molecular weight is 348 g/mol. The SMILES string of the molecule is CNC(=O)[C@@H]1C[C@@H](N)CN1C(=O)c1ccc(CN2CCC(C)CC2)o1. The normalized spacial score (nSPS) is 25.3. The van der Waals surface area contributed by atoms with Gasteiger partial charge in [-0.05, 0) is 50.4 Å². The summed E-state index contributed by atoms with van der Waals surface area (Å²) >= 11 is 0. The summed E-state index contributed by atoms with van der Waals surface area (Å²) in [7, 11) is 1.57. The van der Waals surface area contributed by atoms with Gasteiger partial charge >= 0.3 is 0 Å². The fourth-order valence-electron chi connectivity index (χ4n) is 3.67. The van der Waals surface area contributed by atoms with Crippen LogP contribution in [0.25, 0.3) is 0 Å². The van der Waals surface area contributed by atoms with Crippen molar-refractivity contribution in [1.82, 2.24) is 15.1 Å². The molecule has 0 saturated carbocycles. The first kappa shape index (κ1) is 17.9. The predicted molar refractivity (Wildman–Crippen MR) is 93.9 cm³/mol. The molecule has 2 fully saturated rings. The van der Waals surface area contributed by atoms with Crippen molar-refractivity contribution in [2.45, 2.75) is 44.8 Å². The third-order valence-corrected chi connectivity index (χ3v) is 5.27. The summed E-state index contributed by atoms with van der Waals surface area (Å²) in [6.45, 7) is 5.50. The number of piperidine rings is 1. The van der Waals surface area contributed by atoms with Crippen LogP contribution in [0.3, 0.4) is 0 Å². The lowest BCUT2D eigenvalue weighted by molar-refractivity contribution is -0.124. The van der Waals surface area contributed by atoms with Gasteiger partial charge in [-0.3, -0.25) is 14.5 Å². The molecule has 2 amide bonds. The largest absolute Gasteiger partial charge is 0.455 e. The van der Waals surface area contributed by atoms with E-state index in [1.165, 1.54) is 17.7 Å². The van der Waals surface area contributed by atoms with Gasteiger partial charge in [0.15, 0.2) is 5.76 Å². The minimum Gasteiger partial charge on any atom is -0.455 e. The summed E-state index contributed by atoms with van der Waals surface area (Å²) in [5.74, 6) is 1.41. The van der Waals surface area contributed by atoms with Crippen LogP contribution in [0, 0.1) is 5.92 Å². The highest BCUT2D eigenvalue weighted by Crippen LogP contribution is 2.23. The summed E-state index contributed by atoms with van der Waals surface area (Å²) in [4.78, 5) is 28.6. The Balaban J connectivity index is 1.65. The van der Waals surface area contributed by atoms with Crippen molar-refractivity contribution in [1.29, 1.82) is 0 Å². The van der Waals surface area contributed by atoms with Gasteiger partial charge in [0.2, 0.25) is 5.91 Å². The van der Waals surface area contributed by atoms with Crippen LogP contribution in [0.4, 0.5) is 0 Å². The maximum atomic E-state index is 12.8. The second-order valence-corrected chi connectivity index (χ2v) is 7.31. The van der Waals surface area contributed by atoms with E-state index in [1.807, 2.05) is 6.07 Å². The molecule has 0 unspecified atom stereocenters. The fraction of sp³-hybridized carbons (Fsp3) is 0.667. The van der Waals surface area contributed by atoms with Crippen LogP contribution in [-0.2, 0) is 11.3 Å². The first-order valence-corrected chi connectivity index (χ1v) is 9.07. The topological polar surface area (TPSA) is 91.8 Å². The number of hydrogen-bond donors (Lipinski definition) is 2. The van der Waals surface area contributed by atoms with Crippen molar-refractivity contribution in [3.63, 3.8) is 0 Å². The Bertz CT molecular complexity index is 622. The maximum Gasteiger partial charge on any atom is 0.290 e. The van der Waals surface area contributed by atoms with E-state index in [9.17, 15) is 9.59 Å². The smallest absolute Gasteiger partial charge is 0.290 e. The quantitative estimate of drug-likeness (QED) is 0.840. The van der Waals surface area contributed by atoms with E-state index in [1.54, 1.807) is 13.1 Å². The minimum absolute atomic E-state index is 0.184. The molecule has 138 valence electrons. The number of nitrogens with one attached hydrogen (secondary N) is 1. The van der Waals surface area contributed by atoms with Crippen LogP contribution in [0.15, 0.2) is 16.5 Å². The van der Waals surface area contributed by atoms with Crippen molar-refractivity contribution < 1.29 is 14.0 Å². The molecule has 0 aromatic carbocycles. The van der Waals surface area contributed by atoms with E-state index < -0.39 is 6.04 Å². The summed E-state index contributed by atoms with van der Waals surface area (Å²) in [6, 6.07) is 2.85. The molecule has 1 aromatic rings. The van der Waals surface area contributed by atoms with Crippen molar-refractivity contribution in [2.75, 3.05) is 26.7 Å². The highest BCUT2D eigenvalue weighted by atomic mass is 16.4. The number of nitrogens with zero attached hydrogens (tertiary/aromatic N) is 2. The molecule has 2 atom stereocenters. The van der Waals surface area contributed by atoms with Crippen molar-refractivity contribution in [3.05, 3.63) is 23.7 Å². The van der Waals surface area contributed by atoms with Crippen LogP contribution >= 0.6 is 0 Å². The molecule has 3 rings (SSSR count). The number of likely N-dealkylation sites (N-methyl/N-ethyl adjacent to an activating group) is 1. The van der Waals surface area contributed by atoms with Crippen molar-refractivity contribution in [2.24, 2.45) is 11.7 Å². The van der Waals surface area contributed by atoms with Crippen LogP contribution in [-0.4, -0.2) is 60.4 Å². The van der Waals surface area contributed by atoms with Gasteiger partial charge in [-0.15, -0.1) is 0 Å². The average Bonchev–Trinajstić information content (AvgIpc) is 3.22. The zero-order valence-electron chi connectivity index (χ0n) is 15.0. The molecule has 3 heterocycles. The summed E-state index contributed by atoms with van der Waals surface area (Å²) in [5.41, 5.74) is 5.95. The first-order valence-electron chi connectivity index (χ1n) is 9.07. The lowest BCUT2D eigenvalue weighted by atomic mass is 9.99. The molecule has 25 heavy (non-hydrogen) atoms. The summed E-state index contributed by atoms with van der Waals surface area (Å²) in [5, 5.41) is 2.60. The van der Waals surface area contributed by atoms with Crippen molar-refractivity contribution in [3.8, 4) is 0 Å². The Kier molecular flexibility index (Phi) is 5.44. The number of furan rings is 1. The number of likely N-dealkylation sites (tertiary alicyclic amines) is 2. The second kappa shape index (κ2) is 7.58. The summed E-state index contributed by atoms with van der Waals surface area (Å²) < 4.78 is 5.78. The second-order valence-electron chi connectivity index (χ2n) is 7.31. The van der Waals surface area contributed by atoms with E-state index in [0.29, 0.717) is 13.0 Å². The zero-order chi connectivity index (χ0) is 18.0. The van der Waals surface area contributed by atoms with Gasteiger partial charge in [0, 0.05) is 19.6 Å². The van der Waals surface area contributed by atoms with Gasteiger partial charge in [-0.2, -0.15) is 0 Å². The fourth-order valence-corrected chi connectivity index (χ4v) is 3.67. The van der Waals surface area contributed by atoms with Crippen LogP contribution in [0.2, 0.25) is 0 Å². The third kappa shape index (κ3) is 4.04. The molecular formula is C18H28N4O3. The zero-order valence-corrected chi connectivity index (χ0v) is 15.0. The van der Waals surface area contributed by atoms with Gasteiger partial charge in [-0.25, -0.2) is 0 Å². The number of carbonyl (C=O) groups is 2. The van der Waals surface area contributed by atoms with Crippen molar-refractivity contribution >= 4 is 11.8 Å². The Morgan fingerprint density at radius 3 is 2.72 bits per heavy atom. The Morgan fingerprint density at radius 2 is 2.04 bits per heavy atom. The molecule has 0 spiro atoms. The molecule has 2 aliphatic rings. The maximum absolute atomic E-state index is 12.8. The number of carbonyl (C=O) groups excluding carboxylic acids is 2. The van der Waals surface area contributed by atoms with Gasteiger partial charge < -0.3 is 20.4 Å². The van der Waals surface area contributed by atoms with Gasteiger partial charge in [0.25, 0.3) is 5.91 Å². The molecule has 2 aliphatic heterocycles. The van der Waals surface area contributed by atoms with Gasteiger partial charge in [-0.1, -0.05) is 6.92 Å². The lowest BCUT2D eigenvalue weighted by Gasteiger charge is -2.29. The number of hydrogen-bond acceptors (Lipinski definition) is 5. The molecule has 0 radical (unpaired) electrons. The first-order chi connectivity index (χ1) is 12.0. The van der Waals surface area contributed by atoms with E-state index in [2.05, 4.69) is 17.1 Å². The van der Waals surface area contributed by atoms with Gasteiger partial charge in [0.1, 0.15) is 11.8 Å². The van der Waals surface area contributed by atoms with Crippen LogP contribution < -0.4 is 11.1 Å². The molecule has 1 aromatic heterocycles. The minimum atomic E-state index is -0.523. The Morgan fingerprint density at radius 1 is 1.32 bits per heavy atom. The van der Waals surface area contributed by atoms with Crippen LogP contribution in [0.5, 0.6) is 0 Å². The highest BCUT2D eigenvalue weighted by molar-refractivity contribution is 5.96.